The van der Waals surface area contributed by atoms with Crippen LogP contribution in [-0.2, 0) is 13.0 Å². The summed E-state index contributed by atoms with van der Waals surface area (Å²) < 4.78 is 5.70. The van der Waals surface area contributed by atoms with Crippen molar-refractivity contribution < 1.29 is 4.74 Å². The third-order valence-corrected chi connectivity index (χ3v) is 9.05. The van der Waals surface area contributed by atoms with Crippen molar-refractivity contribution in [2.24, 2.45) is 5.92 Å². The number of nitrogens with one attached hydrogen (secondary N) is 1. The van der Waals surface area contributed by atoms with Crippen LogP contribution in [0.1, 0.15) is 47.4 Å². The molecule has 1 unspecified atom stereocenters. The van der Waals surface area contributed by atoms with Crippen molar-refractivity contribution in [2.75, 3.05) is 13.7 Å². The molecule has 3 aliphatic heterocycles. The molecule has 3 saturated heterocycles. The number of methoxy groups -OCH3 is 1. The van der Waals surface area contributed by atoms with Crippen LogP contribution >= 0.6 is 0 Å². The lowest BCUT2D eigenvalue weighted by Gasteiger charge is -2.58. The lowest BCUT2D eigenvalue weighted by atomic mass is 9.67. The smallest absolute Gasteiger partial charge is 0.123 e. The van der Waals surface area contributed by atoms with Crippen molar-refractivity contribution in [1.82, 2.24) is 10.2 Å². The van der Waals surface area contributed by atoms with Gasteiger partial charge in [-0.25, -0.2) is 0 Å². The van der Waals surface area contributed by atoms with Crippen LogP contribution in [0.15, 0.2) is 115 Å². The predicted molar refractivity (Wildman–Crippen MR) is 160 cm³/mol. The van der Waals surface area contributed by atoms with E-state index in [0.717, 1.165) is 18.7 Å². The Morgan fingerprint density at radius 1 is 0.795 bits per heavy atom. The molecule has 1 N–H and O–H groups in total. The minimum Gasteiger partial charge on any atom is -0.496 e. The zero-order valence-corrected chi connectivity index (χ0v) is 23.0. The highest BCUT2D eigenvalue weighted by Crippen LogP contribution is 2.45. The molecule has 7 rings (SSSR count). The number of hydrogen-bond donors (Lipinski definition) is 1. The normalized spacial score (nSPS) is 24.1. The van der Waals surface area contributed by atoms with Gasteiger partial charge in [-0.05, 0) is 60.9 Å². The minimum atomic E-state index is 0.310. The molecule has 0 saturated carbocycles. The summed E-state index contributed by atoms with van der Waals surface area (Å²) >= 11 is 0. The van der Waals surface area contributed by atoms with Gasteiger partial charge in [0.05, 0.1) is 7.11 Å². The zero-order valence-electron chi connectivity index (χ0n) is 23.0. The van der Waals surface area contributed by atoms with Crippen molar-refractivity contribution >= 4 is 0 Å². The summed E-state index contributed by atoms with van der Waals surface area (Å²) in [5.74, 6) is 1.93. The van der Waals surface area contributed by atoms with Crippen molar-refractivity contribution in [3.05, 3.63) is 138 Å². The van der Waals surface area contributed by atoms with E-state index < -0.39 is 0 Å². The second kappa shape index (κ2) is 12.2. The Labute approximate surface area is 233 Å². The molecule has 0 amide bonds. The average Bonchev–Trinajstić information content (AvgIpc) is 3.01. The third kappa shape index (κ3) is 5.66. The van der Waals surface area contributed by atoms with Gasteiger partial charge in [0, 0.05) is 36.2 Å². The Bertz CT molecular complexity index is 1270. The zero-order chi connectivity index (χ0) is 26.4. The van der Waals surface area contributed by atoms with E-state index in [9.17, 15) is 0 Å². The standard InChI is InChI=1S/C36H40N2O/c1-39-33-20-12-11-19-31(33)26-37-35-30-23-24-38(32(25-30)22-21-27-13-5-2-6-14-27)36(35)34(28-15-7-3-8-16-28)29-17-9-4-10-18-29/h2-20,30,32,34-37H,21-26H2,1H3/t30-,32+,35+,36-/m0/s1. The maximum Gasteiger partial charge on any atom is 0.123 e. The van der Waals surface area contributed by atoms with E-state index >= 15 is 0 Å². The largest absolute Gasteiger partial charge is 0.496 e. The number of fused-ring (bicyclic) bond motifs is 3. The molecule has 3 aliphatic rings. The van der Waals surface area contributed by atoms with Crippen LogP contribution in [-0.4, -0.2) is 36.7 Å². The molecule has 2 bridgehead atoms. The number of ether oxygens (including phenoxy) is 1. The first kappa shape index (κ1) is 25.9. The van der Waals surface area contributed by atoms with Crippen molar-refractivity contribution in [2.45, 2.75) is 56.3 Å². The van der Waals surface area contributed by atoms with Gasteiger partial charge in [0.15, 0.2) is 0 Å². The Kier molecular flexibility index (Phi) is 8.08. The van der Waals surface area contributed by atoms with Crippen LogP contribution in [0.25, 0.3) is 0 Å². The quantitative estimate of drug-likeness (QED) is 0.244. The summed E-state index contributed by atoms with van der Waals surface area (Å²) in [6, 6.07) is 43.2. The fourth-order valence-electron chi connectivity index (χ4n) is 7.24. The topological polar surface area (TPSA) is 24.5 Å². The molecule has 0 aromatic heterocycles. The van der Waals surface area contributed by atoms with Gasteiger partial charge >= 0.3 is 0 Å². The third-order valence-electron chi connectivity index (χ3n) is 9.05. The molecule has 4 aromatic carbocycles. The monoisotopic (exact) mass is 516 g/mol. The number of hydrogen-bond acceptors (Lipinski definition) is 3. The number of nitrogens with zero attached hydrogens (tertiary/aromatic N) is 1. The Hall–Kier alpha value is -3.40. The summed E-state index contributed by atoms with van der Waals surface area (Å²) in [6.45, 7) is 2.00. The lowest BCUT2D eigenvalue weighted by Crippen LogP contribution is -2.67. The van der Waals surface area contributed by atoms with Crippen LogP contribution < -0.4 is 10.1 Å². The molecule has 3 heterocycles. The van der Waals surface area contributed by atoms with Gasteiger partial charge < -0.3 is 10.1 Å². The van der Waals surface area contributed by atoms with E-state index in [1.54, 1.807) is 7.11 Å². The van der Waals surface area contributed by atoms with Gasteiger partial charge in [-0.15, -0.1) is 0 Å². The fourth-order valence-corrected chi connectivity index (χ4v) is 7.24. The van der Waals surface area contributed by atoms with Crippen LogP contribution in [0, 0.1) is 5.92 Å². The van der Waals surface area contributed by atoms with Gasteiger partial charge in [-0.1, -0.05) is 109 Å². The van der Waals surface area contributed by atoms with E-state index in [-0.39, 0.29) is 0 Å². The molecule has 3 fully saturated rings. The maximum absolute atomic E-state index is 5.70. The highest BCUT2D eigenvalue weighted by Gasteiger charge is 2.49. The minimum absolute atomic E-state index is 0.310. The summed E-state index contributed by atoms with van der Waals surface area (Å²) in [5.41, 5.74) is 5.50. The molecule has 0 spiro atoms. The first-order valence-electron chi connectivity index (χ1n) is 14.6. The highest BCUT2D eigenvalue weighted by molar-refractivity contribution is 5.37. The molecule has 0 aliphatic carbocycles. The predicted octanol–water partition coefficient (Wildman–Crippen LogP) is 7.08. The van der Waals surface area contributed by atoms with E-state index in [1.807, 2.05) is 0 Å². The molecule has 4 aromatic rings. The van der Waals surface area contributed by atoms with Gasteiger partial charge in [0.2, 0.25) is 0 Å². The number of rotatable bonds is 10. The maximum atomic E-state index is 5.70. The molecule has 5 atom stereocenters. The molecule has 3 heteroatoms. The van der Waals surface area contributed by atoms with E-state index in [2.05, 4.69) is 125 Å². The molecule has 3 nitrogen and oxygen atoms in total. The fraction of sp³-hybridized carbons (Fsp3) is 0.333. The highest BCUT2D eigenvalue weighted by atomic mass is 16.5. The summed E-state index contributed by atoms with van der Waals surface area (Å²) in [6.07, 6.45) is 4.89. The summed E-state index contributed by atoms with van der Waals surface area (Å²) in [4.78, 5) is 2.88. The Balaban J connectivity index is 1.34. The molecule has 0 radical (unpaired) electrons. The number of piperidine rings is 3. The van der Waals surface area contributed by atoms with Crippen LogP contribution in [0.4, 0.5) is 0 Å². The van der Waals surface area contributed by atoms with Crippen LogP contribution in [0.5, 0.6) is 5.75 Å². The van der Waals surface area contributed by atoms with Gasteiger partial charge in [0.1, 0.15) is 5.75 Å². The van der Waals surface area contributed by atoms with Crippen molar-refractivity contribution in [3.8, 4) is 5.75 Å². The Morgan fingerprint density at radius 3 is 2.08 bits per heavy atom. The first-order valence-corrected chi connectivity index (χ1v) is 14.6. The molecular formula is C36H40N2O. The molecule has 39 heavy (non-hydrogen) atoms. The molecule has 200 valence electrons. The van der Waals surface area contributed by atoms with Crippen molar-refractivity contribution in [1.29, 1.82) is 0 Å². The SMILES string of the molecule is COc1ccccc1CN[C@@H]1[C@H]2CCN([C@H](CCc3ccccc3)C2)[C@H]1C(c1ccccc1)c1ccccc1. The lowest BCUT2D eigenvalue weighted by molar-refractivity contribution is -0.0418. The van der Waals surface area contributed by atoms with Gasteiger partial charge in [-0.2, -0.15) is 0 Å². The Morgan fingerprint density at radius 2 is 1.41 bits per heavy atom. The van der Waals surface area contributed by atoms with Gasteiger partial charge in [-0.3, -0.25) is 4.90 Å². The van der Waals surface area contributed by atoms with E-state index in [0.29, 0.717) is 30.0 Å². The summed E-state index contributed by atoms with van der Waals surface area (Å²) in [7, 11) is 1.77. The average molecular weight is 517 g/mol. The van der Waals surface area contributed by atoms with E-state index in [4.69, 9.17) is 4.74 Å². The molecular weight excluding hydrogens is 476 g/mol. The van der Waals surface area contributed by atoms with Crippen LogP contribution in [0.2, 0.25) is 0 Å². The second-order valence-electron chi connectivity index (χ2n) is 11.2. The number of benzene rings is 4. The second-order valence-corrected chi connectivity index (χ2v) is 11.2. The number of aryl methyl sites for hydroxylation is 1. The van der Waals surface area contributed by atoms with Gasteiger partial charge in [0.25, 0.3) is 0 Å². The summed E-state index contributed by atoms with van der Waals surface area (Å²) in [5, 5.41) is 4.09. The van der Waals surface area contributed by atoms with Crippen LogP contribution in [0.3, 0.4) is 0 Å². The van der Waals surface area contributed by atoms with Crippen molar-refractivity contribution in [3.63, 3.8) is 0 Å². The number of para-hydroxylation sites is 1. The van der Waals surface area contributed by atoms with E-state index in [1.165, 1.54) is 48.1 Å². The first-order chi connectivity index (χ1) is 19.3.